The van der Waals surface area contributed by atoms with Gasteiger partial charge in [-0.05, 0) is 39.7 Å². The van der Waals surface area contributed by atoms with Gasteiger partial charge in [0.05, 0.1) is 24.4 Å². The number of hydrogen-bond acceptors (Lipinski definition) is 6. The molecule has 3 heterocycles. The van der Waals surface area contributed by atoms with E-state index >= 15 is 0 Å². The average molecular weight is 455 g/mol. The van der Waals surface area contributed by atoms with Crippen LogP contribution in [-0.2, 0) is 21.4 Å². The largest absolute Gasteiger partial charge is 0.373 e. The van der Waals surface area contributed by atoms with Crippen molar-refractivity contribution in [3.8, 4) is 0 Å². The lowest BCUT2D eigenvalue weighted by molar-refractivity contribution is -0.0457. The SMILES string of the molecule is CCc1c(C(=O)CN2CCN(S(=O)(=O)N3CC(C)OC(C)C3)CC2)[nH]c(C)c1C(C)=O. The second kappa shape index (κ2) is 9.50. The van der Waals surface area contributed by atoms with E-state index in [9.17, 15) is 18.0 Å². The van der Waals surface area contributed by atoms with E-state index in [1.165, 1.54) is 15.5 Å². The van der Waals surface area contributed by atoms with Crippen molar-refractivity contribution in [1.82, 2.24) is 18.5 Å². The summed E-state index contributed by atoms with van der Waals surface area (Å²) in [6, 6.07) is 0. The summed E-state index contributed by atoms with van der Waals surface area (Å²) < 4.78 is 34.7. The molecule has 0 bridgehead atoms. The Morgan fingerprint density at radius 3 is 2.16 bits per heavy atom. The Labute approximate surface area is 184 Å². The van der Waals surface area contributed by atoms with Crippen LogP contribution in [-0.4, -0.2) is 96.5 Å². The molecule has 10 heteroatoms. The van der Waals surface area contributed by atoms with Crippen molar-refractivity contribution in [2.75, 3.05) is 45.8 Å². The van der Waals surface area contributed by atoms with Crippen LogP contribution in [0.25, 0.3) is 0 Å². The molecule has 3 rings (SSSR count). The van der Waals surface area contributed by atoms with Crippen molar-refractivity contribution in [3.63, 3.8) is 0 Å². The average Bonchev–Trinajstić information content (AvgIpc) is 3.04. The number of morpholine rings is 1. The zero-order valence-electron chi connectivity index (χ0n) is 19.1. The third kappa shape index (κ3) is 5.09. The monoisotopic (exact) mass is 454 g/mol. The fourth-order valence-electron chi connectivity index (χ4n) is 4.63. The van der Waals surface area contributed by atoms with Gasteiger partial charge in [-0.1, -0.05) is 6.92 Å². The molecule has 2 aliphatic heterocycles. The molecule has 2 atom stereocenters. The summed E-state index contributed by atoms with van der Waals surface area (Å²) in [6.45, 7) is 11.6. The van der Waals surface area contributed by atoms with Gasteiger partial charge in [0.1, 0.15) is 0 Å². The van der Waals surface area contributed by atoms with Crippen molar-refractivity contribution >= 4 is 21.8 Å². The molecule has 0 aliphatic carbocycles. The topological polar surface area (TPSA) is 103 Å². The summed E-state index contributed by atoms with van der Waals surface area (Å²) in [5.41, 5.74) is 2.59. The number of piperazine rings is 1. The van der Waals surface area contributed by atoms with Gasteiger partial charge >= 0.3 is 0 Å². The first-order valence-electron chi connectivity index (χ1n) is 10.9. The molecule has 1 aromatic heterocycles. The number of carbonyl (C=O) groups excluding carboxylic acids is 2. The van der Waals surface area contributed by atoms with E-state index in [0.717, 1.165) is 11.3 Å². The van der Waals surface area contributed by atoms with Gasteiger partial charge in [-0.2, -0.15) is 17.0 Å². The van der Waals surface area contributed by atoms with Crippen molar-refractivity contribution < 1.29 is 22.7 Å². The van der Waals surface area contributed by atoms with Crippen molar-refractivity contribution in [1.29, 1.82) is 0 Å². The van der Waals surface area contributed by atoms with Crippen LogP contribution in [0.3, 0.4) is 0 Å². The minimum Gasteiger partial charge on any atom is -0.373 e. The van der Waals surface area contributed by atoms with Crippen LogP contribution in [0.15, 0.2) is 0 Å². The molecule has 0 spiro atoms. The number of ketones is 2. The molecule has 0 aromatic carbocycles. The predicted octanol–water partition coefficient (Wildman–Crippen LogP) is 1.24. The third-order valence-corrected chi connectivity index (χ3v) is 7.98. The summed E-state index contributed by atoms with van der Waals surface area (Å²) in [7, 11) is -3.55. The lowest BCUT2D eigenvalue weighted by Gasteiger charge is -2.40. The minimum atomic E-state index is -3.55. The Morgan fingerprint density at radius 2 is 1.65 bits per heavy atom. The number of nitrogens with zero attached hydrogens (tertiary/aromatic N) is 3. The zero-order chi connectivity index (χ0) is 22.9. The van der Waals surface area contributed by atoms with Gasteiger partial charge in [-0.3, -0.25) is 14.5 Å². The molecule has 2 fully saturated rings. The maximum absolute atomic E-state index is 13.0. The first-order valence-corrected chi connectivity index (χ1v) is 12.3. The Kier molecular flexibility index (Phi) is 7.37. The second-order valence-electron chi connectivity index (χ2n) is 8.57. The number of aromatic amines is 1. The van der Waals surface area contributed by atoms with Gasteiger partial charge in [-0.25, -0.2) is 0 Å². The van der Waals surface area contributed by atoms with Crippen LogP contribution in [0.4, 0.5) is 0 Å². The molecule has 0 radical (unpaired) electrons. The molecule has 9 nitrogen and oxygen atoms in total. The fraction of sp³-hybridized carbons (Fsp3) is 0.714. The standard InChI is InChI=1S/C21H34N4O5S/c1-6-18-20(17(5)26)16(4)22-21(18)19(27)13-23-7-9-24(10-8-23)31(28,29)25-11-14(2)30-15(3)12-25/h14-15,22H,6-13H2,1-5H3. The summed E-state index contributed by atoms with van der Waals surface area (Å²) in [5, 5.41) is 0. The molecule has 1 aromatic rings. The van der Waals surface area contributed by atoms with E-state index in [2.05, 4.69) is 4.98 Å². The highest BCUT2D eigenvalue weighted by atomic mass is 32.2. The number of Topliss-reactive ketones (excluding diaryl/α,β-unsaturated/α-hetero) is 2. The number of rotatable bonds is 7. The number of carbonyl (C=O) groups is 2. The molecule has 2 unspecified atom stereocenters. The van der Waals surface area contributed by atoms with Crippen molar-refractivity contribution in [2.45, 2.75) is 53.2 Å². The van der Waals surface area contributed by atoms with Crippen molar-refractivity contribution in [3.05, 3.63) is 22.5 Å². The van der Waals surface area contributed by atoms with E-state index in [1.807, 2.05) is 32.6 Å². The number of H-pyrrole nitrogens is 1. The summed E-state index contributed by atoms with van der Waals surface area (Å²) >= 11 is 0. The van der Waals surface area contributed by atoms with Crippen LogP contribution in [0.5, 0.6) is 0 Å². The molecule has 2 aliphatic rings. The van der Waals surface area contributed by atoms with Crippen LogP contribution in [0.2, 0.25) is 0 Å². The number of hydrogen-bond donors (Lipinski definition) is 1. The summed E-state index contributed by atoms with van der Waals surface area (Å²) in [5.74, 6) is -0.116. The minimum absolute atomic E-state index is 0.0461. The number of aryl methyl sites for hydroxylation is 1. The van der Waals surface area contributed by atoms with Gasteiger partial charge in [0.2, 0.25) is 0 Å². The molecular weight excluding hydrogens is 420 g/mol. The van der Waals surface area contributed by atoms with E-state index in [0.29, 0.717) is 56.9 Å². The lowest BCUT2D eigenvalue weighted by atomic mass is 10.0. The molecule has 174 valence electrons. The number of aromatic nitrogens is 1. The molecule has 0 saturated carbocycles. The molecule has 31 heavy (non-hydrogen) atoms. The van der Waals surface area contributed by atoms with Gasteiger partial charge in [0.15, 0.2) is 11.6 Å². The number of ether oxygens (including phenoxy) is 1. The fourth-order valence-corrected chi connectivity index (χ4v) is 6.38. The smallest absolute Gasteiger partial charge is 0.282 e. The van der Waals surface area contributed by atoms with E-state index in [-0.39, 0.29) is 30.3 Å². The first-order chi connectivity index (χ1) is 14.5. The van der Waals surface area contributed by atoms with Crippen LogP contribution >= 0.6 is 0 Å². The van der Waals surface area contributed by atoms with Crippen LogP contribution in [0.1, 0.15) is 59.8 Å². The lowest BCUT2D eigenvalue weighted by Crippen LogP contribution is -2.57. The maximum atomic E-state index is 13.0. The highest BCUT2D eigenvalue weighted by Gasteiger charge is 2.37. The molecule has 1 N–H and O–H groups in total. The van der Waals surface area contributed by atoms with Crippen LogP contribution in [0, 0.1) is 6.92 Å². The first kappa shape index (κ1) is 24.1. The molecule has 0 amide bonds. The Bertz CT molecular complexity index is 924. The highest BCUT2D eigenvalue weighted by molar-refractivity contribution is 7.86. The van der Waals surface area contributed by atoms with Crippen LogP contribution < -0.4 is 0 Å². The van der Waals surface area contributed by atoms with Gasteiger partial charge < -0.3 is 9.72 Å². The van der Waals surface area contributed by atoms with Gasteiger partial charge in [-0.15, -0.1) is 0 Å². The Hall–Kier alpha value is -1.59. The normalized spacial score (nSPS) is 24.4. The highest BCUT2D eigenvalue weighted by Crippen LogP contribution is 2.22. The zero-order valence-corrected chi connectivity index (χ0v) is 19.9. The van der Waals surface area contributed by atoms with Gasteiger partial charge in [0.25, 0.3) is 10.2 Å². The van der Waals surface area contributed by atoms with E-state index in [1.54, 1.807) is 0 Å². The molecule has 2 saturated heterocycles. The third-order valence-electron chi connectivity index (χ3n) is 6.01. The van der Waals surface area contributed by atoms with Crippen molar-refractivity contribution in [2.24, 2.45) is 0 Å². The van der Waals surface area contributed by atoms with E-state index < -0.39 is 10.2 Å². The second-order valence-corrected chi connectivity index (χ2v) is 10.5. The number of nitrogens with one attached hydrogen (secondary N) is 1. The summed E-state index contributed by atoms with van der Waals surface area (Å²) in [4.78, 5) is 30.0. The quantitative estimate of drug-likeness (QED) is 0.622. The Balaban J connectivity index is 1.62. The maximum Gasteiger partial charge on any atom is 0.282 e. The summed E-state index contributed by atoms with van der Waals surface area (Å²) in [6.07, 6.45) is 0.339. The molecular formula is C21H34N4O5S. The van der Waals surface area contributed by atoms with E-state index in [4.69, 9.17) is 4.74 Å². The predicted molar refractivity (Wildman–Crippen MR) is 118 cm³/mol. The Morgan fingerprint density at radius 1 is 1.06 bits per heavy atom. The van der Waals surface area contributed by atoms with Gasteiger partial charge in [0, 0.05) is 50.5 Å².